The van der Waals surface area contributed by atoms with Crippen LogP contribution < -0.4 is 22.1 Å². The summed E-state index contributed by atoms with van der Waals surface area (Å²) in [4.78, 5) is 12.1. The fourth-order valence-corrected chi connectivity index (χ4v) is 2.86. The van der Waals surface area contributed by atoms with Crippen molar-refractivity contribution in [3.8, 4) is 6.19 Å². The van der Waals surface area contributed by atoms with E-state index in [1.165, 1.54) is 11.3 Å². The minimum absolute atomic E-state index is 0.00237. The van der Waals surface area contributed by atoms with E-state index >= 15 is 0 Å². The summed E-state index contributed by atoms with van der Waals surface area (Å²) in [6.07, 6.45) is 1.79. The summed E-state index contributed by atoms with van der Waals surface area (Å²) in [5, 5.41) is 25.1. The fourth-order valence-electron chi connectivity index (χ4n) is 1.30. The maximum Gasteiger partial charge on any atom is 0.212 e. The Balaban J connectivity index is 2.26. The molecule has 0 unspecified atom stereocenters. The van der Waals surface area contributed by atoms with Gasteiger partial charge in [-0.25, -0.2) is 4.98 Å². The van der Waals surface area contributed by atoms with Crippen molar-refractivity contribution in [2.75, 3.05) is 25.4 Å². The lowest BCUT2D eigenvalue weighted by Crippen LogP contribution is -2.36. The number of aromatic nitrogens is 1. The molecule has 0 radical (unpaired) electrons. The first kappa shape index (κ1) is 18.0. The molecule has 0 atom stereocenters. The van der Waals surface area contributed by atoms with Gasteiger partial charge >= 0.3 is 0 Å². The van der Waals surface area contributed by atoms with Crippen LogP contribution >= 0.6 is 23.1 Å². The van der Waals surface area contributed by atoms with Gasteiger partial charge in [0, 0.05) is 23.4 Å². The molecule has 0 spiro atoms. The van der Waals surface area contributed by atoms with Gasteiger partial charge in [-0.1, -0.05) is 0 Å². The minimum Gasteiger partial charge on any atom is -0.394 e. The number of aliphatic imine (C=N–C) groups is 2. The number of thiazole rings is 1. The topological polar surface area (TPSA) is 158 Å². The van der Waals surface area contributed by atoms with Crippen molar-refractivity contribution in [1.82, 2.24) is 15.6 Å². The number of aliphatic hydroxyl groups excluding tert-OH is 1. The second-order valence-corrected chi connectivity index (χ2v) is 5.77. The molecule has 7 N–H and O–H groups in total. The molecule has 0 fully saturated rings. The summed E-state index contributed by atoms with van der Waals surface area (Å²) in [5.41, 5.74) is 11.5. The quantitative estimate of drug-likeness (QED) is 0.136. The van der Waals surface area contributed by atoms with Crippen molar-refractivity contribution in [3.05, 3.63) is 11.1 Å². The number of nitriles is 1. The Morgan fingerprint density at radius 2 is 2.36 bits per heavy atom. The number of rotatable bonds is 8. The second kappa shape index (κ2) is 10.7. The van der Waals surface area contributed by atoms with Crippen LogP contribution in [0.1, 0.15) is 5.69 Å². The Kier molecular flexibility index (Phi) is 8.73. The molecule has 11 heteroatoms. The van der Waals surface area contributed by atoms with E-state index in [9.17, 15) is 0 Å². The summed E-state index contributed by atoms with van der Waals surface area (Å²) in [6.45, 7) is 0.819. The van der Waals surface area contributed by atoms with E-state index < -0.39 is 0 Å². The van der Waals surface area contributed by atoms with E-state index in [2.05, 4.69) is 25.6 Å². The van der Waals surface area contributed by atoms with Crippen molar-refractivity contribution in [2.45, 2.75) is 5.75 Å². The molecule has 22 heavy (non-hydrogen) atoms. The van der Waals surface area contributed by atoms with Gasteiger partial charge in [0.25, 0.3) is 0 Å². The van der Waals surface area contributed by atoms with Gasteiger partial charge in [-0.05, 0) is 0 Å². The molecule has 9 nitrogen and oxygen atoms in total. The molecule has 0 aliphatic carbocycles. The Labute approximate surface area is 136 Å². The van der Waals surface area contributed by atoms with Gasteiger partial charge < -0.3 is 21.9 Å². The number of hydrogen-bond acceptors (Lipinski definition) is 7. The molecule has 0 saturated carbocycles. The summed E-state index contributed by atoms with van der Waals surface area (Å²) < 4.78 is 0. The highest BCUT2D eigenvalue weighted by Gasteiger charge is 2.02. The molecular formula is C11H18N8OS2. The first-order valence-electron chi connectivity index (χ1n) is 6.31. The average molecular weight is 342 g/mol. The molecule has 1 rings (SSSR count). The van der Waals surface area contributed by atoms with Gasteiger partial charge in [0.15, 0.2) is 12.2 Å². The van der Waals surface area contributed by atoms with Crippen LogP contribution in [0, 0.1) is 11.5 Å². The molecule has 0 aliphatic rings. The number of nitrogens with one attached hydrogen (secondary N) is 2. The highest BCUT2D eigenvalue weighted by atomic mass is 32.2. The molecule has 0 amide bonds. The molecule has 0 aliphatic heterocycles. The summed E-state index contributed by atoms with van der Waals surface area (Å²) in [5.74, 6) is 1.91. The average Bonchev–Trinajstić information content (AvgIpc) is 2.90. The predicted octanol–water partition coefficient (Wildman–Crippen LogP) is -0.710. The SMILES string of the molecule is N#CNC(=NCCO)NCCSCc1csc(N=C(N)N)n1. The first-order valence-corrected chi connectivity index (χ1v) is 8.35. The molecule has 1 aromatic rings. The number of aliphatic hydroxyl groups is 1. The highest BCUT2D eigenvalue weighted by molar-refractivity contribution is 7.98. The van der Waals surface area contributed by atoms with Crippen LogP contribution in [0.5, 0.6) is 0 Å². The third kappa shape index (κ3) is 7.67. The second-order valence-electron chi connectivity index (χ2n) is 3.83. The normalized spacial score (nSPS) is 10.8. The molecular weight excluding hydrogens is 324 g/mol. The van der Waals surface area contributed by atoms with Gasteiger partial charge in [-0.2, -0.15) is 22.0 Å². The maximum absolute atomic E-state index is 8.70. The van der Waals surface area contributed by atoms with E-state index in [1.807, 2.05) is 5.38 Å². The maximum atomic E-state index is 8.70. The van der Waals surface area contributed by atoms with Crippen molar-refractivity contribution in [2.24, 2.45) is 21.5 Å². The van der Waals surface area contributed by atoms with Crippen LogP contribution in [0.15, 0.2) is 15.4 Å². The van der Waals surface area contributed by atoms with Crippen molar-refractivity contribution in [1.29, 1.82) is 5.26 Å². The van der Waals surface area contributed by atoms with Crippen LogP contribution in [0.3, 0.4) is 0 Å². The van der Waals surface area contributed by atoms with Crippen molar-refractivity contribution < 1.29 is 5.11 Å². The van der Waals surface area contributed by atoms with Gasteiger partial charge in [0.05, 0.1) is 18.8 Å². The third-order valence-electron chi connectivity index (χ3n) is 2.10. The summed E-state index contributed by atoms with van der Waals surface area (Å²) >= 11 is 3.06. The van der Waals surface area contributed by atoms with Crippen LogP contribution in [-0.4, -0.2) is 47.5 Å². The Hall–Kier alpha value is -2.03. The van der Waals surface area contributed by atoms with E-state index in [-0.39, 0.29) is 19.1 Å². The molecule has 120 valence electrons. The Morgan fingerprint density at radius 3 is 3.05 bits per heavy atom. The summed E-state index contributed by atoms with van der Waals surface area (Å²) in [6, 6.07) is 0. The predicted molar refractivity (Wildman–Crippen MR) is 89.9 cm³/mol. The van der Waals surface area contributed by atoms with Gasteiger partial charge in [-0.15, -0.1) is 11.3 Å². The minimum atomic E-state index is -0.0605. The Bertz CT molecular complexity index is 547. The van der Waals surface area contributed by atoms with Gasteiger partial charge in [0.1, 0.15) is 0 Å². The van der Waals surface area contributed by atoms with Gasteiger partial charge in [-0.3, -0.25) is 10.3 Å². The van der Waals surface area contributed by atoms with E-state index in [1.54, 1.807) is 18.0 Å². The fraction of sp³-hybridized carbons (Fsp3) is 0.455. The highest BCUT2D eigenvalue weighted by Crippen LogP contribution is 2.21. The number of hydrogen-bond donors (Lipinski definition) is 5. The lowest BCUT2D eigenvalue weighted by Gasteiger charge is -2.07. The van der Waals surface area contributed by atoms with Crippen LogP contribution in [0.2, 0.25) is 0 Å². The van der Waals surface area contributed by atoms with Crippen LogP contribution in [0.25, 0.3) is 0 Å². The van der Waals surface area contributed by atoms with E-state index in [0.717, 1.165) is 17.2 Å². The number of nitrogens with two attached hydrogens (primary N) is 2. The number of nitrogens with zero attached hydrogens (tertiary/aromatic N) is 4. The molecule has 0 aromatic carbocycles. The van der Waals surface area contributed by atoms with Crippen LogP contribution in [-0.2, 0) is 5.75 Å². The zero-order valence-electron chi connectivity index (χ0n) is 11.8. The number of thioether (sulfide) groups is 1. The van der Waals surface area contributed by atoms with Gasteiger partial charge in [0.2, 0.25) is 11.1 Å². The number of guanidine groups is 2. The third-order valence-corrected chi connectivity index (χ3v) is 3.87. The molecule has 1 heterocycles. The summed E-state index contributed by atoms with van der Waals surface area (Å²) in [7, 11) is 0. The molecule has 0 saturated heterocycles. The van der Waals surface area contributed by atoms with Crippen molar-refractivity contribution in [3.63, 3.8) is 0 Å². The molecule has 1 aromatic heterocycles. The first-order chi connectivity index (χ1) is 10.7. The van der Waals surface area contributed by atoms with Crippen molar-refractivity contribution >= 4 is 40.1 Å². The lowest BCUT2D eigenvalue weighted by molar-refractivity contribution is 0.306. The van der Waals surface area contributed by atoms with E-state index in [0.29, 0.717) is 17.6 Å². The van der Waals surface area contributed by atoms with Crippen LogP contribution in [0.4, 0.5) is 5.13 Å². The largest absolute Gasteiger partial charge is 0.394 e. The molecule has 0 bridgehead atoms. The van der Waals surface area contributed by atoms with E-state index in [4.69, 9.17) is 21.8 Å². The zero-order valence-corrected chi connectivity index (χ0v) is 13.5. The zero-order chi connectivity index (χ0) is 16.2. The monoisotopic (exact) mass is 342 g/mol. The standard InChI is InChI=1S/C11H18N8OS2/c12-7-17-10(15-1-3-20)16-2-4-21-5-8-6-22-11(18-8)19-9(13)14/h6,20H,1-5H2,(H2,15,16,17)(H4,13,14,18,19). The lowest BCUT2D eigenvalue weighted by atomic mass is 10.6. The Morgan fingerprint density at radius 1 is 1.55 bits per heavy atom. The smallest absolute Gasteiger partial charge is 0.212 e.